The Balaban J connectivity index is 1.96. The van der Waals surface area contributed by atoms with Gasteiger partial charge in [0.25, 0.3) is 5.91 Å². The number of sulfonamides is 1. The number of rotatable bonds is 9. The number of methoxy groups -OCH3 is 1. The summed E-state index contributed by atoms with van der Waals surface area (Å²) in [7, 11) is 4.95. The van der Waals surface area contributed by atoms with Crippen molar-refractivity contribution in [2.45, 2.75) is 11.3 Å². The molecule has 0 aliphatic carbocycles. The van der Waals surface area contributed by atoms with Crippen LogP contribution < -0.4 is 9.64 Å². The third-order valence-electron chi connectivity index (χ3n) is 4.93. The number of hydrogen-bond donors (Lipinski definition) is 0. The van der Waals surface area contributed by atoms with Gasteiger partial charge in [0.05, 0.1) is 16.7 Å². The summed E-state index contributed by atoms with van der Waals surface area (Å²) in [6, 6.07) is 11.7. The van der Waals surface area contributed by atoms with Crippen LogP contribution in [0.25, 0.3) is 10.2 Å². The van der Waals surface area contributed by atoms with Gasteiger partial charge in [0, 0.05) is 26.2 Å². The van der Waals surface area contributed by atoms with Crippen LogP contribution in [0.2, 0.25) is 0 Å². The predicted octanol–water partition coefficient (Wildman–Crippen LogP) is 3.15. The molecule has 2 aromatic carbocycles. The van der Waals surface area contributed by atoms with Gasteiger partial charge in [-0.05, 0) is 63.5 Å². The average Bonchev–Trinajstić information content (AvgIpc) is 3.20. The van der Waals surface area contributed by atoms with Gasteiger partial charge >= 0.3 is 0 Å². The number of nitrogens with zero attached hydrogens (tertiary/aromatic N) is 4. The Morgan fingerprint density at radius 2 is 1.72 bits per heavy atom. The molecule has 0 radical (unpaired) electrons. The van der Waals surface area contributed by atoms with Gasteiger partial charge in [-0.3, -0.25) is 9.69 Å². The third kappa shape index (κ3) is 5.09. The van der Waals surface area contributed by atoms with E-state index in [2.05, 4.69) is 4.90 Å². The Kier molecular flexibility index (Phi) is 7.50. The van der Waals surface area contributed by atoms with Gasteiger partial charge in [-0.2, -0.15) is 0 Å². The molecule has 0 saturated heterocycles. The predicted molar refractivity (Wildman–Crippen MR) is 128 cm³/mol. The van der Waals surface area contributed by atoms with E-state index < -0.39 is 10.0 Å². The lowest BCUT2D eigenvalue weighted by atomic mass is 10.2. The van der Waals surface area contributed by atoms with Crippen LogP contribution in [0.5, 0.6) is 5.75 Å². The van der Waals surface area contributed by atoms with E-state index in [0.29, 0.717) is 28.5 Å². The fourth-order valence-electron chi connectivity index (χ4n) is 3.16. The zero-order valence-electron chi connectivity index (χ0n) is 18.9. The van der Waals surface area contributed by atoms with Crippen LogP contribution in [0.3, 0.4) is 0 Å². The Labute approximate surface area is 193 Å². The van der Waals surface area contributed by atoms with Crippen molar-refractivity contribution in [3.63, 3.8) is 0 Å². The zero-order chi connectivity index (χ0) is 23.5. The van der Waals surface area contributed by atoms with Crippen LogP contribution in [0.1, 0.15) is 16.8 Å². The van der Waals surface area contributed by atoms with Gasteiger partial charge in [-0.25, -0.2) is 17.7 Å². The number of amides is 1. The maximum absolute atomic E-state index is 13.4. The molecule has 172 valence electrons. The minimum atomic E-state index is -3.56. The van der Waals surface area contributed by atoms with E-state index >= 15 is 0 Å². The van der Waals surface area contributed by atoms with E-state index in [-0.39, 0.29) is 10.8 Å². The van der Waals surface area contributed by atoms with Gasteiger partial charge in [0.1, 0.15) is 11.3 Å². The van der Waals surface area contributed by atoms with E-state index in [1.165, 1.54) is 37.6 Å². The number of thiazole rings is 1. The SMILES string of the molecule is COc1cccc2sc(N(CCCN(C)C)C(=O)c3ccc(S(=O)(=O)N(C)C)cc3)nc12. The molecule has 1 heterocycles. The average molecular weight is 477 g/mol. The van der Waals surface area contributed by atoms with Crippen molar-refractivity contribution in [1.82, 2.24) is 14.2 Å². The lowest BCUT2D eigenvalue weighted by molar-refractivity contribution is 0.0986. The van der Waals surface area contributed by atoms with Gasteiger partial charge in [-0.1, -0.05) is 17.4 Å². The monoisotopic (exact) mass is 476 g/mol. The highest BCUT2D eigenvalue weighted by atomic mass is 32.2. The van der Waals surface area contributed by atoms with Gasteiger partial charge < -0.3 is 9.64 Å². The first kappa shape index (κ1) is 24.1. The van der Waals surface area contributed by atoms with Crippen LogP contribution in [0.15, 0.2) is 47.4 Å². The summed E-state index contributed by atoms with van der Waals surface area (Å²) in [4.78, 5) is 22.0. The van der Waals surface area contributed by atoms with E-state index in [1.54, 1.807) is 24.1 Å². The molecule has 1 amide bonds. The van der Waals surface area contributed by atoms with Crippen LogP contribution >= 0.6 is 11.3 Å². The molecule has 0 atom stereocenters. The van der Waals surface area contributed by atoms with Gasteiger partial charge in [0.15, 0.2) is 5.13 Å². The number of para-hydroxylation sites is 1. The van der Waals surface area contributed by atoms with Crippen LogP contribution in [-0.2, 0) is 10.0 Å². The first-order valence-electron chi connectivity index (χ1n) is 10.1. The van der Waals surface area contributed by atoms with Crippen molar-refractivity contribution < 1.29 is 17.9 Å². The van der Waals surface area contributed by atoms with Crippen molar-refractivity contribution in [3.8, 4) is 5.75 Å². The molecule has 10 heteroatoms. The zero-order valence-corrected chi connectivity index (χ0v) is 20.5. The summed E-state index contributed by atoms with van der Waals surface area (Å²) in [5.41, 5.74) is 1.12. The number of fused-ring (bicyclic) bond motifs is 1. The normalized spacial score (nSPS) is 12.0. The summed E-state index contributed by atoms with van der Waals surface area (Å²) in [6.07, 6.45) is 0.763. The molecule has 3 rings (SSSR count). The van der Waals surface area contributed by atoms with Crippen LogP contribution in [-0.4, -0.2) is 76.9 Å². The second kappa shape index (κ2) is 9.95. The Morgan fingerprint density at radius 1 is 1.03 bits per heavy atom. The summed E-state index contributed by atoms with van der Waals surface area (Å²) in [6.45, 7) is 1.30. The first-order chi connectivity index (χ1) is 15.1. The maximum atomic E-state index is 13.4. The summed E-state index contributed by atoms with van der Waals surface area (Å²) in [5, 5.41) is 0.582. The Bertz CT molecular complexity index is 1190. The molecule has 0 spiro atoms. The molecule has 0 saturated carbocycles. The highest BCUT2D eigenvalue weighted by Crippen LogP contribution is 2.34. The molecule has 0 aliphatic rings. The van der Waals surface area contributed by atoms with E-state index in [4.69, 9.17) is 9.72 Å². The minimum Gasteiger partial charge on any atom is -0.494 e. The third-order valence-corrected chi connectivity index (χ3v) is 7.81. The van der Waals surface area contributed by atoms with Crippen LogP contribution in [0, 0.1) is 0 Å². The van der Waals surface area contributed by atoms with Crippen molar-refractivity contribution in [2.24, 2.45) is 0 Å². The standard InChI is InChI=1S/C22H28N4O4S2/c1-24(2)14-7-15-26(22-23-20-18(30-5)8-6-9-19(20)31-22)21(27)16-10-12-17(13-11-16)32(28,29)25(3)4/h6,8-13H,7,14-15H2,1-5H3. The number of ether oxygens (including phenoxy) is 1. The number of carbonyl (C=O) groups excluding carboxylic acids is 1. The number of carbonyl (C=O) groups is 1. The van der Waals surface area contributed by atoms with E-state index in [9.17, 15) is 13.2 Å². The number of benzene rings is 2. The van der Waals surface area contributed by atoms with Crippen molar-refractivity contribution in [2.75, 3.05) is 53.3 Å². The highest BCUT2D eigenvalue weighted by Gasteiger charge is 2.23. The lowest BCUT2D eigenvalue weighted by Crippen LogP contribution is -2.33. The van der Waals surface area contributed by atoms with E-state index in [0.717, 1.165) is 22.0 Å². The largest absolute Gasteiger partial charge is 0.494 e. The molecule has 0 bridgehead atoms. The van der Waals surface area contributed by atoms with Crippen LogP contribution in [0.4, 0.5) is 5.13 Å². The van der Waals surface area contributed by atoms with Crippen molar-refractivity contribution in [3.05, 3.63) is 48.0 Å². The first-order valence-corrected chi connectivity index (χ1v) is 12.3. The maximum Gasteiger partial charge on any atom is 0.260 e. The molecule has 1 aromatic heterocycles. The number of aromatic nitrogens is 1. The van der Waals surface area contributed by atoms with Gasteiger partial charge in [0.2, 0.25) is 10.0 Å². The molecular weight excluding hydrogens is 448 g/mol. The molecule has 0 fully saturated rings. The fourth-order valence-corrected chi connectivity index (χ4v) is 5.07. The molecule has 0 unspecified atom stereocenters. The van der Waals surface area contributed by atoms with Gasteiger partial charge in [-0.15, -0.1) is 0 Å². The lowest BCUT2D eigenvalue weighted by Gasteiger charge is -2.21. The summed E-state index contributed by atoms with van der Waals surface area (Å²) < 4.78 is 32.2. The molecular formula is C22H28N4O4S2. The van der Waals surface area contributed by atoms with Crippen molar-refractivity contribution >= 4 is 42.6 Å². The summed E-state index contributed by atoms with van der Waals surface area (Å²) in [5.74, 6) is 0.430. The second-order valence-electron chi connectivity index (χ2n) is 7.73. The smallest absolute Gasteiger partial charge is 0.260 e. The van der Waals surface area contributed by atoms with E-state index in [1.807, 2.05) is 32.3 Å². The fraction of sp³-hybridized carbons (Fsp3) is 0.364. The van der Waals surface area contributed by atoms with Crippen molar-refractivity contribution in [1.29, 1.82) is 0 Å². The molecule has 0 N–H and O–H groups in total. The molecule has 32 heavy (non-hydrogen) atoms. The minimum absolute atomic E-state index is 0.142. The molecule has 0 aliphatic heterocycles. The Hall–Kier alpha value is -2.53. The Morgan fingerprint density at radius 3 is 2.31 bits per heavy atom. The number of anilines is 1. The second-order valence-corrected chi connectivity index (χ2v) is 10.9. The highest BCUT2D eigenvalue weighted by molar-refractivity contribution is 7.89. The number of hydrogen-bond acceptors (Lipinski definition) is 7. The molecule has 8 nitrogen and oxygen atoms in total. The topological polar surface area (TPSA) is 83.0 Å². The quantitative estimate of drug-likeness (QED) is 0.472. The summed E-state index contributed by atoms with van der Waals surface area (Å²) >= 11 is 1.43. The molecule has 3 aromatic rings.